The number of rotatable bonds is 7. The van der Waals surface area contributed by atoms with Gasteiger partial charge < -0.3 is 14.2 Å². The molecule has 0 aromatic heterocycles. The summed E-state index contributed by atoms with van der Waals surface area (Å²) in [6.07, 6.45) is 2.37. The van der Waals surface area contributed by atoms with Crippen LogP contribution in [0.25, 0.3) is 0 Å². The molecule has 1 aliphatic rings. The zero-order valence-electron chi connectivity index (χ0n) is 15.3. The third kappa shape index (κ3) is 4.35. The van der Waals surface area contributed by atoms with Gasteiger partial charge >= 0.3 is 5.97 Å². The number of hydrogen-bond acceptors (Lipinski definition) is 5. The molecule has 0 aliphatic carbocycles. The predicted octanol–water partition coefficient (Wildman–Crippen LogP) is 3.70. The molecule has 3 rings (SSSR count). The summed E-state index contributed by atoms with van der Waals surface area (Å²) in [7, 11) is 2.93. The summed E-state index contributed by atoms with van der Waals surface area (Å²) in [5.74, 6) is 0.745. The zero-order chi connectivity index (χ0) is 18.4. The summed E-state index contributed by atoms with van der Waals surface area (Å²) in [4.78, 5) is 14.2. The number of nitrogens with zero attached hydrogens (tertiary/aromatic N) is 1. The molecule has 138 valence electrons. The second kappa shape index (κ2) is 8.72. The standard InChI is InChI=1S/C21H25NO4/c1-24-19-14-17(21(23)25-2)10-11-18(19)26-20(15-22-12-6-7-13-22)16-8-4-3-5-9-16/h3-5,8-11,14,20H,6-7,12-13,15H2,1-2H3. The van der Waals surface area contributed by atoms with Crippen LogP contribution in [0.3, 0.4) is 0 Å². The van der Waals surface area contributed by atoms with Gasteiger partial charge in [0.05, 0.1) is 19.8 Å². The minimum atomic E-state index is -0.397. The Morgan fingerprint density at radius 2 is 1.77 bits per heavy atom. The molecule has 0 N–H and O–H groups in total. The highest BCUT2D eigenvalue weighted by molar-refractivity contribution is 5.90. The molecule has 0 spiro atoms. The van der Waals surface area contributed by atoms with Crippen molar-refractivity contribution >= 4 is 5.97 Å². The minimum Gasteiger partial charge on any atom is -0.493 e. The Labute approximate surface area is 154 Å². The van der Waals surface area contributed by atoms with Gasteiger partial charge in [0, 0.05) is 6.54 Å². The van der Waals surface area contributed by atoms with Gasteiger partial charge in [-0.15, -0.1) is 0 Å². The molecule has 0 amide bonds. The summed E-state index contributed by atoms with van der Waals surface area (Å²) < 4.78 is 16.5. The molecule has 0 radical (unpaired) electrons. The van der Waals surface area contributed by atoms with E-state index in [4.69, 9.17) is 14.2 Å². The van der Waals surface area contributed by atoms with Crippen LogP contribution in [0, 0.1) is 0 Å². The van der Waals surface area contributed by atoms with E-state index in [0.29, 0.717) is 17.1 Å². The summed E-state index contributed by atoms with van der Waals surface area (Å²) >= 11 is 0. The summed E-state index contributed by atoms with van der Waals surface area (Å²) in [6.45, 7) is 3.03. The number of hydrogen-bond donors (Lipinski definition) is 0. The molecule has 1 unspecified atom stereocenters. The van der Waals surface area contributed by atoms with Crippen molar-refractivity contribution in [3.8, 4) is 11.5 Å². The maximum absolute atomic E-state index is 11.7. The number of methoxy groups -OCH3 is 2. The lowest BCUT2D eigenvalue weighted by Gasteiger charge is -2.25. The monoisotopic (exact) mass is 355 g/mol. The first kappa shape index (κ1) is 18.3. The van der Waals surface area contributed by atoms with E-state index in [2.05, 4.69) is 17.0 Å². The van der Waals surface area contributed by atoms with Gasteiger partial charge in [-0.05, 0) is 49.7 Å². The van der Waals surface area contributed by atoms with Gasteiger partial charge in [-0.2, -0.15) is 0 Å². The van der Waals surface area contributed by atoms with E-state index >= 15 is 0 Å². The van der Waals surface area contributed by atoms with E-state index in [0.717, 1.165) is 25.2 Å². The third-order valence-corrected chi connectivity index (χ3v) is 4.65. The Morgan fingerprint density at radius 1 is 1.04 bits per heavy atom. The highest BCUT2D eigenvalue weighted by atomic mass is 16.5. The van der Waals surface area contributed by atoms with Gasteiger partial charge in [-0.1, -0.05) is 30.3 Å². The molecular weight excluding hydrogens is 330 g/mol. The van der Waals surface area contributed by atoms with E-state index in [1.165, 1.54) is 20.0 Å². The van der Waals surface area contributed by atoms with E-state index < -0.39 is 5.97 Å². The molecule has 1 atom stereocenters. The number of esters is 1. The van der Waals surface area contributed by atoms with Crippen LogP contribution in [0.1, 0.15) is 34.9 Å². The molecule has 26 heavy (non-hydrogen) atoms. The number of carbonyl (C=O) groups excluding carboxylic acids is 1. The fourth-order valence-electron chi connectivity index (χ4n) is 3.24. The normalized spacial score (nSPS) is 15.5. The fourth-order valence-corrected chi connectivity index (χ4v) is 3.24. The molecule has 1 fully saturated rings. The fraction of sp³-hybridized carbons (Fsp3) is 0.381. The van der Waals surface area contributed by atoms with Crippen molar-refractivity contribution in [3.63, 3.8) is 0 Å². The Balaban J connectivity index is 1.84. The summed E-state index contributed by atoms with van der Waals surface area (Å²) in [5.41, 5.74) is 1.56. The Morgan fingerprint density at radius 3 is 2.42 bits per heavy atom. The van der Waals surface area contributed by atoms with Crippen LogP contribution < -0.4 is 9.47 Å². The molecular formula is C21H25NO4. The lowest BCUT2D eigenvalue weighted by atomic mass is 10.1. The quantitative estimate of drug-likeness (QED) is 0.709. The summed E-state index contributed by atoms with van der Waals surface area (Å²) in [5, 5.41) is 0. The minimum absolute atomic E-state index is 0.104. The SMILES string of the molecule is COC(=O)c1ccc(OC(CN2CCCC2)c2ccccc2)c(OC)c1. The van der Waals surface area contributed by atoms with Gasteiger partial charge in [-0.25, -0.2) is 4.79 Å². The van der Waals surface area contributed by atoms with Crippen LogP contribution in [0.5, 0.6) is 11.5 Å². The second-order valence-electron chi connectivity index (χ2n) is 6.38. The van der Waals surface area contributed by atoms with Gasteiger partial charge in [0.2, 0.25) is 0 Å². The van der Waals surface area contributed by atoms with Crippen molar-refractivity contribution in [1.82, 2.24) is 4.90 Å². The first-order valence-corrected chi connectivity index (χ1v) is 8.91. The Hall–Kier alpha value is -2.53. The first-order valence-electron chi connectivity index (χ1n) is 8.91. The predicted molar refractivity (Wildman–Crippen MR) is 99.8 cm³/mol. The van der Waals surface area contributed by atoms with Crippen LogP contribution in [0.15, 0.2) is 48.5 Å². The van der Waals surface area contributed by atoms with Crippen molar-refractivity contribution in [1.29, 1.82) is 0 Å². The topological polar surface area (TPSA) is 48.0 Å². The van der Waals surface area contributed by atoms with Gasteiger partial charge in [0.1, 0.15) is 6.10 Å². The van der Waals surface area contributed by atoms with Crippen molar-refractivity contribution in [2.75, 3.05) is 33.9 Å². The molecule has 2 aromatic carbocycles. The van der Waals surface area contributed by atoms with Gasteiger partial charge in [0.15, 0.2) is 11.5 Å². The average Bonchev–Trinajstić information content (AvgIpc) is 3.21. The third-order valence-electron chi connectivity index (χ3n) is 4.65. The van der Waals surface area contributed by atoms with Crippen molar-refractivity contribution < 1.29 is 19.0 Å². The second-order valence-corrected chi connectivity index (χ2v) is 6.38. The van der Waals surface area contributed by atoms with Gasteiger partial charge in [-0.3, -0.25) is 4.90 Å². The lowest BCUT2D eigenvalue weighted by Crippen LogP contribution is -2.28. The first-order chi connectivity index (χ1) is 12.7. The van der Waals surface area contributed by atoms with Crippen LogP contribution in [-0.2, 0) is 4.74 Å². The summed E-state index contributed by atoms with van der Waals surface area (Å²) in [6, 6.07) is 15.3. The zero-order valence-corrected chi connectivity index (χ0v) is 15.3. The molecule has 1 saturated heterocycles. The molecule has 1 heterocycles. The average molecular weight is 355 g/mol. The molecule has 0 saturated carbocycles. The highest BCUT2D eigenvalue weighted by Crippen LogP contribution is 2.33. The Kier molecular flexibility index (Phi) is 6.12. The number of ether oxygens (including phenoxy) is 3. The highest BCUT2D eigenvalue weighted by Gasteiger charge is 2.22. The molecule has 2 aromatic rings. The van der Waals surface area contributed by atoms with E-state index in [-0.39, 0.29) is 6.10 Å². The van der Waals surface area contributed by atoms with Gasteiger partial charge in [0.25, 0.3) is 0 Å². The van der Waals surface area contributed by atoms with Crippen molar-refractivity contribution in [2.45, 2.75) is 18.9 Å². The van der Waals surface area contributed by atoms with E-state index in [1.54, 1.807) is 25.3 Å². The van der Waals surface area contributed by atoms with E-state index in [1.807, 2.05) is 18.2 Å². The van der Waals surface area contributed by atoms with Crippen molar-refractivity contribution in [3.05, 3.63) is 59.7 Å². The number of carbonyl (C=O) groups is 1. The molecule has 0 bridgehead atoms. The number of benzene rings is 2. The van der Waals surface area contributed by atoms with Crippen LogP contribution in [-0.4, -0.2) is 44.7 Å². The largest absolute Gasteiger partial charge is 0.493 e. The van der Waals surface area contributed by atoms with E-state index in [9.17, 15) is 4.79 Å². The van der Waals surface area contributed by atoms with Crippen LogP contribution >= 0.6 is 0 Å². The lowest BCUT2D eigenvalue weighted by molar-refractivity contribution is 0.0600. The molecule has 5 heteroatoms. The molecule has 5 nitrogen and oxygen atoms in total. The Bertz CT molecular complexity index is 726. The van der Waals surface area contributed by atoms with Crippen LogP contribution in [0.4, 0.5) is 0 Å². The number of likely N-dealkylation sites (tertiary alicyclic amines) is 1. The van der Waals surface area contributed by atoms with Crippen molar-refractivity contribution in [2.24, 2.45) is 0 Å². The molecule has 1 aliphatic heterocycles. The maximum atomic E-state index is 11.7. The van der Waals surface area contributed by atoms with Crippen LogP contribution in [0.2, 0.25) is 0 Å². The smallest absolute Gasteiger partial charge is 0.337 e. The maximum Gasteiger partial charge on any atom is 0.337 e.